The monoisotopic (exact) mass is 299 g/mol. The van der Waals surface area contributed by atoms with Crippen LogP contribution in [0.25, 0.3) is 0 Å². The van der Waals surface area contributed by atoms with E-state index in [0.717, 1.165) is 0 Å². The Morgan fingerprint density at radius 1 is 1.52 bits per heavy atom. The molecule has 2 atom stereocenters. The van der Waals surface area contributed by atoms with Gasteiger partial charge in [0, 0.05) is 13.1 Å². The zero-order valence-corrected chi connectivity index (χ0v) is 12.2. The minimum absolute atomic E-state index is 0.0130. The number of nitrogens with zero attached hydrogens (tertiary/aromatic N) is 1. The lowest BCUT2D eigenvalue weighted by molar-refractivity contribution is -0.0322. The van der Waals surface area contributed by atoms with E-state index in [1.165, 1.54) is 13.2 Å². The third-order valence-electron chi connectivity index (χ3n) is 3.82. The average Bonchev–Trinajstić information content (AvgIpc) is 2.52. The molecule has 2 N–H and O–H groups in total. The van der Waals surface area contributed by atoms with Crippen LogP contribution in [-0.2, 0) is 4.74 Å². The molecule has 1 aromatic rings. The van der Waals surface area contributed by atoms with Crippen molar-refractivity contribution in [1.29, 1.82) is 0 Å². The summed E-state index contributed by atoms with van der Waals surface area (Å²) in [6.45, 7) is 2.37. The van der Waals surface area contributed by atoms with Crippen molar-refractivity contribution in [3.05, 3.63) is 29.6 Å². The summed E-state index contributed by atoms with van der Waals surface area (Å²) in [6, 6.07) is 4.43. The van der Waals surface area contributed by atoms with Gasteiger partial charge in [-0.2, -0.15) is 0 Å². The highest BCUT2D eigenvalue weighted by molar-refractivity contribution is 5.36. The number of aliphatic hydroxyl groups is 2. The fourth-order valence-electron chi connectivity index (χ4n) is 2.60. The van der Waals surface area contributed by atoms with Crippen LogP contribution in [0.15, 0.2) is 18.2 Å². The first-order chi connectivity index (χ1) is 10.2. The van der Waals surface area contributed by atoms with E-state index in [9.17, 15) is 14.6 Å². The molecular weight excluding hydrogens is 277 g/mol. The van der Waals surface area contributed by atoms with Crippen LogP contribution in [0.3, 0.4) is 0 Å². The number of morpholine rings is 1. The van der Waals surface area contributed by atoms with Gasteiger partial charge in [0.25, 0.3) is 0 Å². The molecule has 1 aliphatic rings. The second-order valence-corrected chi connectivity index (χ2v) is 5.11. The number of hydrogen-bond donors (Lipinski definition) is 2. The van der Waals surface area contributed by atoms with Gasteiger partial charge in [0.05, 0.1) is 44.6 Å². The maximum absolute atomic E-state index is 13.9. The summed E-state index contributed by atoms with van der Waals surface area (Å²) >= 11 is 0. The van der Waals surface area contributed by atoms with Crippen LogP contribution >= 0.6 is 0 Å². The van der Waals surface area contributed by atoms with E-state index in [1.54, 1.807) is 12.1 Å². The Kier molecular flexibility index (Phi) is 5.93. The fourth-order valence-corrected chi connectivity index (χ4v) is 2.60. The van der Waals surface area contributed by atoms with E-state index in [-0.39, 0.29) is 18.2 Å². The molecule has 1 aliphatic heterocycles. The number of halogens is 1. The molecule has 1 aromatic carbocycles. The first-order valence-corrected chi connectivity index (χ1v) is 7.10. The molecule has 0 amide bonds. The quantitative estimate of drug-likeness (QED) is 0.819. The molecule has 1 saturated heterocycles. The van der Waals surface area contributed by atoms with Crippen LogP contribution in [0.5, 0.6) is 5.75 Å². The zero-order valence-electron chi connectivity index (χ0n) is 12.2. The van der Waals surface area contributed by atoms with Crippen LogP contribution in [0, 0.1) is 5.82 Å². The van der Waals surface area contributed by atoms with Gasteiger partial charge in [-0.15, -0.1) is 0 Å². The van der Waals surface area contributed by atoms with Crippen molar-refractivity contribution in [2.45, 2.75) is 18.6 Å². The van der Waals surface area contributed by atoms with Gasteiger partial charge in [-0.25, -0.2) is 4.39 Å². The van der Waals surface area contributed by atoms with Crippen molar-refractivity contribution in [3.63, 3.8) is 0 Å². The first kappa shape index (κ1) is 16.2. The maximum Gasteiger partial charge on any atom is 0.132 e. The second kappa shape index (κ2) is 7.70. The Bertz CT molecular complexity index is 457. The van der Waals surface area contributed by atoms with Gasteiger partial charge >= 0.3 is 0 Å². The molecule has 6 heteroatoms. The summed E-state index contributed by atoms with van der Waals surface area (Å²) in [6.07, 6.45) is -0.573. The molecule has 0 spiro atoms. The van der Waals surface area contributed by atoms with Crippen molar-refractivity contribution in [2.24, 2.45) is 0 Å². The fraction of sp³-hybridized carbons (Fsp3) is 0.600. The van der Waals surface area contributed by atoms with Crippen LogP contribution in [-0.4, -0.2) is 61.2 Å². The molecule has 1 heterocycles. The van der Waals surface area contributed by atoms with Crippen LogP contribution in [0.2, 0.25) is 0 Å². The van der Waals surface area contributed by atoms with E-state index >= 15 is 0 Å². The Balaban J connectivity index is 2.00. The molecule has 0 aromatic heterocycles. The van der Waals surface area contributed by atoms with E-state index in [2.05, 4.69) is 4.90 Å². The van der Waals surface area contributed by atoms with Gasteiger partial charge in [-0.1, -0.05) is 6.07 Å². The molecule has 0 bridgehead atoms. The second-order valence-electron chi connectivity index (χ2n) is 5.11. The van der Waals surface area contributed by atoms with Gasteiger partial charge in [-0.05, 0) is 18.6 Å². The van der Waals surface area contributed by atoms with Crippen molar-refractivity contribution in [2.75, 3.05) is 40.0 Å². The highest BCUT2D eigenvalue weighted by Crippen LogP contribution is 2.30. The topological polar surface area (TPSA) is 62.2 Å². The molecular formula is C15H22FNO4. The largest absolute Gasteiger partial charge is 0.496 e. The Labute approximate surface area is 123 Å². The molecule has 5 nitrogen and oxygen atoms in total. The van der Waals surface area contributed by atoms with Crippen molar-refractivity contribution >= 4 is 0 Å². The van der Waals surface area contributed by atoms with E-state index in [0.29, 0.717) is 38.5 Å². The molecule has 0 saturated carbocycles. The number of aliphatic hydroxyl groups excluding tert-OH is 2. The highest BCUT2D eigenvalue weighted by Gasteiger charge is 2.24. The van der Waals surface area contributed by atoms with E-state index in [1.807, 2.05) is 0 Å². The maximum atomic E-state index is 13.9. The van der Waals surface area contributed by atoms with Gasteiger partial charge in [0.1, 0.15) is 11.6 Å². The summed E-state index contributed by atoms with van der Waals surface area (Å²) in [4.78, 5) is 2.06. The van der Waals surface area contributed by atoms with Crippen molar-refractivity contribution in [3.8, 4) is 5.75 Å². The molecule has 2 unspecified atom stereocenters. The van der Waals surface area contributed by atoms with Gasteiger partial charge < -0.3 is 19.7 Å². The molecule has 1 fully saturated rings. The first-order valence-electron chi connectivity index (χ1n) is 7.10. The summed E-state index contributed by atoms with van der Waals surface area (Å²) in [5.74, 6) is -0.120. The number of rotatable bonds is 6. The summed E-state index contributed by atoms with van der Waals surface area (Å²) in [5.41, 5.74) is 0.189. The molecule has 118 valence electrons. The molecule has 21 heavy (non-hydrogen) atoms. The Morgan fingerprint density at radius 3 is 3.05 bits per heavy atom. The van der Waals surface area contributed by atoms with Crippen LogP contribution in [0.4, 0.5) is 4.39 Å². The average molecular weight is 299 g/mol. The Morgan fingerprint density at radius 2 is 2.33 bits per heavy atom. The molecule has 2 rings (SSSR count). The molecule has 0 radical (unpaired) electrons. The van der Waals surface area contributed by atoms with Crippen molar-refractivity contribution < 1.29 is 24.1 Å². The van der Waals surface area contributed by atoms with Gasteiger partial charge in [-0.3, -0.25) is 4.90 Å². The highest BCUT2D eigenvalue weighted by atomic mass is 19.1. The van der Waals surface area contributed by atoms with Crippen LogP contribution in [0.1, 0.15) is 18.1 Å². The van der Waals surface area contributed by atoms with Crippen molar-refractivity contribution in [1.82, 2.24) is 4.90 Å². The van der Waals surface area contributed by atoms with E-state index < -0.39 is 11.9 Å². The lowest BCUT2D eigenvalue weighted by Gasteiger charge is -2.34. The third-order valence-corrected chi connectivity index (χ3v) is 3.82. The normalized spacial score (nSPS) is 21.2. The number of benzene rings is 1. The summed E-state index contributed by atoms with van der Waals surface area (Å²) in [7, 11) is 1.45. The standard InChI is InChI=1S/C15H22FNO4/c1-20-14-4-2-3-12(16)15(14)13(19)5-6-17-7-8-21-10-11(17)9-18/h2-4,11,13,18-19H,5-10H2,1H3. The number of methoxy groups -OCH3 is 1. The molecule has 0 aliphatic carbocycles. The van der Waals surface area contributed by atoms with E-state index in [4.69, 9.17) is 9.47 Å². The summed E-state index contributed by atoms with van der Waals surface area (Å²) in [5, 5.41) is 19.6. The Hall–Kier alpha value is -1.21. The number of ether oxygens (including phenoxy) is 2. The van der Waals surface area contributed by atoms with Gasteiger partial charge in [0.2, 0.25) is 0 Å². The lowest BCUT2D eigenvalue weighted by atomic mass is 10.0. The van der Waals surface area contributed by atoms with Gasteiger partial charge in [0.15, 0.2) is 0 Å². The third kappa shape index (κ3) is 3.91. The predicted octanol–water partition coefficient (Wildman–Crippen LogP) is 0.951. The minimum atomic E-state index is -0.941. The smallest absolute Gasteiger partial charge is 0.132 e. The lowest BCUT2D eigenvalue weighted by Crippen LogP contribution is -2.48. The predicted molar refractivity (Wildman–Crippen MR) is 75.8 cm³/mol. The zero-order chi connectivity index (χ0) is 15.2. The van der Waals surface area contributed by atoms with Crippen LogP contribution < -0.4 is 4.74 Å². The summed E-state index contributed by atoms with van der Waals surface area (Å²) < 4.78 is 24.3. The minimum Gasteiger partial charge on any atom is -0.496 e. The number of hydrogen-bond acceptors (Lipinski definition) is 5. The SMILES string of the molecule is COc1cccc(F)c1C(O)CCN1CCOCC1CO.